The van der Waals surface area contributed by atoms with Crippen molar-refractivity contribution in [3.63, 3.8) is 0 Å². The molecule has 0 aromatic heterocycles. The van der Waals surface area contributed by atoms with Gasteiger partial charge in [0.25, 0.3) is 11.8 Å². The predicted molar refractivity (Wildman–Crippen MR) is 104 cm³/mol. The van der Waals surface area contributed by atoms with Crippen LogP contribution in [0.4, 0.5) is 0 Å². The standard InChI is InChI=1S/C22H32N2O2/c1-5-17-11-13-23(15(17)3)21(25)19-7-9-20(10-8-19)22(26)24-14-12-18(6-2)16(24)4/h7-10,15-18H,5-6,11-14H2,1-4H3/t15-,16-,17-,18+/m1/s1. The minimum absolute atomic E-state index is 0.0908. The molecule has 0 radical (unpaired) electrons. The largest absolute Gasteiger partial charge is 0.336 e. The Kier molecular flexibility index (Phi) is 5.69. The maximum atomic E-state index is 12.8. The Morgan fingerprint density at radius 1 is 0.808 bits per heavy atom. The van der Waals surface area contributed by atoms with Gasteiger partial charge in [-0.05, 0) is 62.8 Å². The average molecular weight is 357 g/mol. The van der Waals surface area contributed by atoms with Crippen LogP contribution in [0.5, 0.6) is 0 Å². The van der Waals surface area contributed by atoms with Crippen LogP contribution in [0.3, 0.4) is 0 Å². The minimum atomic E-state index is 0.0908. The van der Waals surface area contributed by atoms with Gasteiger partial charge in [0.2, 0.25) is 0 Å². The van der Waals surface area contributed by atoms with Gasteiger partial charge >= 0.3 is 0 Å². The first-order valence-electron chi connectivity index (χ1n) is 10.2. The van der Waals surface area contributed by atoms with E-state index in [1.54, 1.807) is 0 Å². The van der Waals surface area contributed by atoms with E-state index in [1.807, 2.05) is 34.1 Å². The van der Waals surface area contributed by atoms with Crippen LogP contribution in [0.15, 0.2) is 24.3 Å². The van der Waals surface area contributed by atoms with Gasteiger partial charge in [-0.2, -0.15) is 0 Å². The summed E-state index contributed by atoms with van der Waals surface area (Å²) in [6.45, 7) is 10.4. The quantitative estimate of drug-likeness (QED) is 0.811. The average Bonchev–Trinajstić information content (AvgIpc) is 3.22. The number of likely N-dealkylation sites (tertiary alicyclic amines) is 2. The molecule has 0 N–H and O–H groups in total. The van der Waals surface area contributed by atoms with Gasteiger partial charge in [0.05, 0.1) is 0 Å². The van der Waals surface area contributed by atoms with Crippen molar-refractivity contribution in [3.8, 4) is 0 Å². The Morgan fingerprint density at radius 2 is 1.15 bits per heavy atom. The van der Waals surface area contributed by atoms with Crippen LogP contribution < -0.4 is 0 Å². The van der Waals surface area contributed by atoms with Gasteiger partial charge in [-0.1, -0.05) is 26.7 Å². The highest BCUT2D eigenvalue weighted by atomic mass is 16.2. The maximum absolute atomic E-state index is 12.8. The lowest BCUT2D eigenvalue weighted by Gasteiger charge is -2.25. The van der Waals surface area contributed by atoms with Gasteiger partial charge in [0.1, 0.15) is 0 Å². The first-order valence-corrected chi connectivity index (χ1v) is 10.2. The van der Waals surface area contributed by atoms with Crippen molar-refractivity contribution >= 4 is 11.8 Å². The smallest absolute Gasteiger partial charge is 0.254 e. The van der Waals surface area contributed by atoms with Gasteiger partial charge in [-0.3, -0.25) is 9.59 Å². The second kappa shape index (κ2) is 7.81. The van der Waals surface area contributed by atoms with Crippen molar-refractivity contribution in [1.29, 1.82) is 0 Å². The number of nitrogens with zero attached hydrogens (tertiary/aromatic N) is 2. The molecule has 0 spiro atoms. The molecule has 2 aliphatic heterocycles. The lowest BCUT2D eigenvalue weighted by Crippen LogP contribution is -2.36. The topological polar surface area (TPSA) is 40.6 Å². The number of hydrogen-bond donors (Lipinski definition) is 0. The summed E-state index contributed by atoms with van der Waals surface area (Å²) in [4.78, 5) is 29.6. The lowest BCUT2D eigenvalue weighted by atomic mass is 9.99. The highest BCUT2D eigenvalue weighted by Crippen LogP contribution is 2.29. The van der Waals surface area contributed by atoms with E-state index in [9.17, 15) is 9.59 Å². The molecule has 2 heterocycles. The highest BCUT2D eigenvalue weighted by molar-refractivity contribution is 5.98. The van der Waals surface area contributed by atoms with Gasteiger partial charge in [0, 0.05) is 36.3 Å². The zero-order valence-corrected chi connectivity index (χ0v) is 16.6. The molecule has 4 atom stereocenters. The Morgan fingerprint density at radius 3 is 1.42 bits per heavy atom. The van der Waals surface area contributed by atoms with Crippen LogP contribution in [0.1, 0.15) is 74.1 Å². The summed E-state index contributed by atoms with van der Waals surface area (Å²) in [7, 11) is 0. The number of carbonyl (C=O) groups excluding carboxylic acids is 2. The van der Waals surface area contributed by atoms with E-state index >= 15 is 0 Å². The van der Waals surface area contributed by atoms with Crippen molar-refractivity contribution in [2.24, 2.45) is 11.8 Å². The number of carbonyl (C=O) groups is 2. The highest BCUT2D eigenvalue weighted by Gasteiger charge is 2.34. The normalized spacial score (nSPS) is 28.6. The summed E-state index contributed by atoms with van der Waals surface area (Å²) in [5.41, 5.74) is 1.37. The first-order chi connectivity index (χ1) is 12.5. The molecule has 2 amide bonds. The fourth-order valence-corrected chi connectivity index (χ4v) is 4.76. The zero-order chi connectivity index (χ0) is 18.8. The Bertz CT molecular complexity index is 598. The molecule has 3 rings (SSSR count). The van der Waals surface area contributed by atoms with Crippen LogP contribution in [-0.4, -0.2) is 46.8 Å². The van der Waals surface area contributed by atoms with Gasteiger partial charge in [-0.15, -0.1) is 0 Å². The van der Waals surface area contributed by atoms with E-state index < -0.39 is 0 Å². The first kappa shape index (κ1) is 18.9. The lowest BCUT2D eigenvalue weighted by molar-refractivity contribution is 0.0719. The third kappa shape index (κ3) is 3.38. The molecule has 2 aliphatic rings. The van der Waals surface area contributed by atoms with E-state index in [0.29, 0.717) is 35.0 Å². The van der Waals surface area contributed by atoms with Gasteiger partial charge < -0.3 is 9.80 Å². The molecule has 2 fully saturated rings. The fourth-order valence-electron chi connectivity index (χ4n) is 4.76. The molecule has 4 nitrogen and oxygen atoms in total. The SMILES string of the molecule is CC[C@@H]1CCN(C(=O)c2ccc(C(=O)N3CC[C@H](CC)[C@H]3C)cc2)[C@@H]1C. The van der Waals surface area contributed by atoms with Crippen LogP contribution in [-0.2, 0) is 0 Å². The van der Waals surface area contributed by atoms with Crippen LogP contribution in [0.2, 0.25) is 0 Å². The molecule has 1 aromatic carbocycles. The van der Waals surface area contributed by atoms with Gasteiger partial charge in [-0.25, -0.2) is 0 Å². The summed E-state index contributed by atoms with van der Waals surface area (Å²) in [6.07, 6.45) is 4.41. The molecule has 0 saturated carbocycles. The maximum Gasteiger partial charge on any atom is 0.254 e. The second-order valence-electron chi connectivity index (χ2n) is 7.97. The molecule has 26 heavy (non-hydrogen) atoms. The van der Waals surface area contributed by atoms with E-state index in [2.05, 4.69) is 27.7 Å². The van der Waals surface area contributed by atoms with Crippen LogP contribution >= 0.6 is 0 Å². The van der Waals surface area contributed by atoms with Crippen LogP contribution in [0, 0.1) is 11.8 Å². The fraction of sp³-hybridized carbons (Fsp3) is 0.636. The zero-order valence-electron chi connectivity index (χ0n) is 16.6. The summed E-state index contributed by atoms with van der Waals surface area (Å²) in [6, 6.07) is 7.87. The Hall–Kier alpha value is -1.84. The molecule has 0 bridgehead atoms. The second-order valence-corrected chi connectivity index (χ2v) is 7.97. The van der Waals surface area contributed by atoms with Crippen molar-refractivity contribution in [2.45, 2.75) is 65.5 Å². The minimum Gasteiger partial charge on any atom is -0.336 e. The Balaban J connectivity index is 1.69. The summed E-state index contributed by atoms with van der Waals surface area (Å²) < 4.78 is 0. The van der Waals surface area contributed by atoms with Crippen molar-refractivity contribution in [3.05, 3.63) is 35.4 Å². The van der Waals surface area contributed by atoms with Crippen molar-refractivity contribution in [1.82, 2.24) is 9.80 Å². The van der Waals surface area contributed by atoms with Gasteiger partial charge in [0.15, 0.2) is 0 Å². The van der Waals surface area contributed by atoms with E-state index in [1.165, 1.54) is 0 Å². The molecule has 0 unspecified atom stereocenters. The number of amides is 2. The Labute approximate surface area is 157 Å². The molecular weight excluding hydrogens is 324 g/mol. The van der Waals surface area contributed by atoms with Crippen molar-refractivity contribution in [2.75, 3.05) is 13.1 Å². The molecule has 0 aliphatic carbocycles. The third-order valence-electron chi connectivity index (χ3n) is 6.78. The number of hydrogen-bond acceptors (Lipinski definition) is 2. The third-order valence-corrected chi connectivity index (χ3v) is 6.78. The monoisotopic (exact) mass is 356 g/mol. The summed E-state index contributed by atoms with van der Waals surface area (Å²) in [5, 5.41) is 0. The van der Waals surface area contributed by atoms with E-state index in [0.717, 1.165) is 38.8 Å². The molecule has 142 valence electrons. The molecule has 2 saturated heterocycles. The molecule has 1 aromatic rings. The predicted octanol–water partition coefficient (Wildman–Crippen LogP) is 4.21. The van der Waals surface area contributed by atoms with Crippen LogP contribution in [0.25, 0.3) is 0 Å². The molecule has 4 heteroatoms. The van der Waals surface area contributed by atoms with E-state index in [4.69, 9.17) is 0 Å². The summed E-state index contributed by atoms with van der Waals surface area (Å²) >= 11 is 0. The molecular formula is C22H32N2O2. The number of benzene rings is 1. The van der Waals surface area contributed by atoms with Crippen molar-refractivity contribution < 1.29 is 9.59 Å². The van der Waals surface area contributed by atoms with E-state index in [-0.39, 0.29) is 11.8 Å². The number of rotatable bonds is 4. The summed E-state index contributed by atoms with van der Waals surface area (Å²) in [5.74, 6) is 1.38.